The number of carbonyl (C=O) groups excluding carboxylic acids is 1. The van der Waals surface area contributed by atoms with Gasteiger partial charge in [0.05, 0.1) is 11.7 Å². The van der Waals surface area contributed by atoms with Crippen molar-refractivity contribution in [1.29, 1.82) is 0 Å². The number of halogens is 3. The molecule has 4 nitrogen and oxygen atoms in total. The molecule has 2 rings (SSSR count). The Balaban J connectivity index is 1.81. The first-order valence-electron chi connectivity index (χ1n) is 6.80. The third-order valence-electron chi connectivity index (χ3n) is 3.02. The van der Waals surface area contributed by atoms with Gasteiger partial charge in [0.25, 0.3) is 0 Å². The second-order valence-corrected chi connectivity index (χ2v) is 5.76. The van der Waals surface area contributed by atoms with E-state index in [9.17, 15) is 23.1 Å². The van der Waals surface area contributed by atoms with Crippen LogP contribution in [0.4, 0.5) is 23.7 Å². The predicted octanol–water partition coefficient (Wildman–Crippen LogP) is 4.01. The molecule has 0 spiro atoms. The summed E-state index contributed by atoms with van der Waals surface area (Å²) in [7, 11) is 0. The summed E-state index contributed by atoms with van der Waals surface area (Å²) in [5.74, 6) is 0. The number of aliphatic hydroxyl groups is 1. The summed E-state index contributed by atoms with van der Waals surface area (Å²) in [5, 5.41) is 16.5. The molecular formula is C15H15F3N2O2S. The van der Waals surface area contributed by atoms with Crippen LogP contribution >= 0.6 is 11.3 Å². The van der Waals surface area contributed by atoms with Crippen LogP contribution in [0.2, 0.25) is 0 Å². The Bertz CT molecular complexity index is 644. The van der Waals surface area contributed by atoms with E-state index in [1.54, 1.807) is 6.07 Å². The Labute approximate surface area is 135 Å². The molecule has 0 bridgehead atoms. The van der Waals surface area contributed by atoms with Crippen molar-refractivity contribution in [3.8, 4) is 0 Å². The number of hydrogen-bond acceptors (Lipinski definition) is 3. The normalized spacial score (nSPS) is 12.7. The number of rotatable bonds is 5. The highest BCUT2D eigenvalue weighted by atomic mass is 32.1. The Morgan fingerprint density at radius 3 is 2.70 bits per heavy atom. The van der Waals surface area contributed by atoms with Crippen LogP contribution < -0.4 is 10.6 Å². The first-order chi connectivity index (χ1) is 10.9. The molecule has 0 saturated heterocycles. The summed E-state index contributed by atoms with van der Waals surface area (Å²) in [6.45, 7) is 0.198. The highest BCUT2D eigenvalue weighted by Crippen LogP contribution is 2.30. The highest BCUT2D eigenvalue weighted by Gasteiger charge is 2.30. The molecule has 0 unspecified atom stereocenters. The lowest BCUT2D eigenvalue weighted by molar-refractivity contribution is -0.137. The van der Waals surface area contributed by atoms with Crippen molar-refractivity contribution in [1.82, 2.24) is 5.32 Å². The number of carbonyl (C=O) groups is 1. The smallest absolute Gasteiger partial charge is 0.388 e. The largest absolute Gasteiger partial charge is 0.416 e. The molecule has 0 aliphatic rings. The molecule has 23 heavy (non-hydrogen) atoms. The standard InChI is InChI=1S/C15H15F3N2O2S/c16-15(17,18)10-3-1-4-11(9-10)20-14(22)19-7-6-12(21)13-5-2-8-23-13/h1-5,8-9,12,21H,6-7H2,(H2,19,20,22)/t12-/m1/s1. The van der Waals surface area contributed by atoms with E-state index in [2.05, 4.69) is 10.6 Å². The van der Waals surface area contributed by atoms with Crippen LogP contribution in [0, 0.1) is 0 Å². The number of benzene rings is 1. The van der Waals surface area contributed by atoms with Gasteiger partial charge in [-0.25, -0.2) is 4.79 Å². The third kappa shape index (κ3) is 5.26. The average Bonchev–Trinajstić information content (AvgIpc) is 3.00. The quantitative estimate of drug-likeness (QED) is 0.767. The Kier molecular flexibility index (Phi) is 5.62. The van der Waals surface area contributed by atoms with Gasteiger partial charge >= 0.3 is 12.2 Å². The van der Waals surface area contributed by atoms with Gasteiger partial charge in [0.2, 0.25) is 0 Å². The minimum atomic E-state index is -4.46. The van der Waals surface area contributed by atoms with E-state index < -0.39 is 23.9 Å². The maximum Gasteiger partial charge on any atom is 0.416 e. The molecule has 0 saturated carbocycles. The van der Waals surface area contributed by atoms with E-state index in [0.717, 1.165) is 17.0 Å². The zero-order valence-corrected chi connectivity index (χ0v) is 12.7. The molecule has 1 atom stereocenters. The number of nitrogens with one attached hydrogen (secondary N) is 2. The van der Waals surface area contributed by atoms with Crippen molar-refractivity contribution in [2.24, 2.45) is 0 Å². The van der Waals surface area contributed by atoms with E-state index >= 15 is 0 Å². The lowest BCUT2D eigenvalue weighted by Gasteiger charge is -2.12. The van der Waals surface area contributed by atoms with Crippen molar-refractivity contribution < 1.29 is 23.1 Å². The average molecular weight is 344 g/mol. The summed E-state index contributed by atoms with van der Waals surface area (Å²) >= 11 is 1.41. The van der Waals surface area contributed by atoms with Gasteiger partial charge in [-0.2, -0.15) is 13.2 Å². The van der Waals surface area contributed by atoms with Crippen LogP contribution in [-0.2, 0) is 6.18 Å². The van der Waals surface area contributed by atoms with Crippen molar-refractivity contribution in [2.45, 2.75) is 18.7 Å². The molecule has 124 valence electrons. The van der Waals surface area contributed by atoms with Gasteiger partial charge in [-0.15, -0.1) is 11.3 Å². The van der Waals surface area contributed by atoms with E-state index in [1.807, 2.05) is 11.4 Å². The van der Waals surface area contributed by atoms with Crippen molar-refractivity contribution in [3.05, 3.63) is 52.2 Å². The highest BCUT2D eigenvalue weighted by molar-refractivity contribution is 7.10. The lowest BCUT2D eigenvalue weighted by Crippen LogP contribution is -2.30. The van der Waals surface area contributed by atoms with Gasteiger partial charge in [0, 0.05) is 17.1 Å². The predicted molar refractivity (Wildman–Crippen MR) is 82.4 cm³/mol. The zero-order valence-electron chi connectivity index (χ0n) is 11.9. The first kappa shape index (κ1) is 17.3. The molecule has 0 fully saturated rings. The fourth-order valence-corrected chi connectivity index (χ4v) is 2.64. The molecule has 1 aromatic carbocycles. The molecule has 3 N–H and O–H groups in total. The maximum absolute atomic E-state index is 12.6. The second-order valence-electron chi connectivity index (χ2n) is 4.78. The number of hydrogen-bond donors (Lipinski definition) is 3. The summed E-state index contributed by atoms with van der Waals surface area (Å²) < 4.78 is 37.7. The van der Waals surface area contributed by atoms with Gasteiger partial charge < -0.3 is 15.7 Å². The number of urea groups is 1. The van der Waals surface area contributed by atoms with Gasteiger partial charge in [-0.05, 0) is 36.1 Å². The molecule has 1 aromatic heterocycles. The minimum absolute atomic E-state index is 0.0520. The number of alkyl halides is 3. The molecule has 2 amide bonds. The zero-order chi connectivity index (χ0) is 16.9. The Morgan fingerprint density at radius 2 is 2.04 bits per heavy atom. The first-order valence-corrected chi connectivity index (χ1v) is 7.68. The third-order valence-corrected chi connectivity index (χ3v) is 4.00. The monoisotopic (exact) mass is 344 g/mol. The van der Waals surface area contributed by atoms with Crippen LogP contribution in [-0.4, -0.2) is 17.7 Å². The maximum atomic E-state index is 12.6. The van der Waals surface area contributed by atoms with Crippen molar-refractivity contribution in [3.63, 3.8) is 0 Å². The summed E-state index contributed by atoms with van der Waals surface area (Å²) in [5.41, 5.74) is -0.778. The lowest BCUT2D eigenvalue weighted by atomic mass is 10.2. The summed E-state index contributed by atoms with van der Waals surface area (Å²) in [6, 6.07) is 7.37. The SMILES string of the molecule is O=C(NCC[C@@H](O)c1cccs1)Nc1cccc(C(F)(F)F)c1. The topological polar surface area (TPSA) is 61.4 Å². The minimum Gasteiger partial charge on any atom is -0.388 e. The summed E-state index contributed by atoms with van der Waals surface area (Å²) in [6.07, 6.45) is -4.82. The second kappa shape index (κ2) is 7.47. The fraction of sp³-hybridized carbons (Fsp3) is 0.267. The number of thiophene rings is 1. The Morgan fingerprint density at radius 1 is 1.26 bits per heavy atom. The molecule has 8 heteroatoms. The van der Waals surface area contributed by atoms with E-state index in [-0.39, 0.29) is 12.2 Å². The van der Waals surface area contributed by atoms with E-state index in [1.165, 1.54) is 23.5 Å². The van der Waals surface area contributed by atoms with E-state index in [0.29, 0.717) is 6.42 Å². The van der Waals surface area contributed by atoms with Gasteiger partial charge in [0.1, 0.15) is 0 Å². The van der Waals surface area contributed by atoms with Crippen LogP contribution in [0.25, 0.3) is 0 Å². The molecule has 0 aliphatic heterocycles. The Hall–Kier alpha value is -2.06. The summed E-state index contributed by atoms with van der Waals surface area (Å²) in [4.78, 5) is 12.5. The van der Waals surface area contributed by atoms with Crippen molar-refractivity contribution in [2.75, 3.05) is 11.9 Å². The fourth-order valence-electron chi connectivity index (χ4n) is 1.89. The molecule has 0 radical (unpaired) electrons. The van der Waals surface area contributed by atoms with Gasteiger partial charge in [-0.1, -0.05) is 12.1 Å². The van der Waals surface area contributed by atoms with Crippen molar-refractivity contribution >= 4 is 23.1 Å². The van der Waals surface area contributed by atoms with E-state index in [4.69, 9.17) is 0 Å². The molecule has 0 aliphatic carbocycles. The van der Waals surface area contributed by atoms with Gasteiger partial charge in [-0.3, -0.25) is 0 Å². The van der Waals surface area contributed by atoms with Crippen LogP contribution in [0.15, 0.2) is 41.8 Å². The molecule has 2 aromatic rings. The van der Waals surface area contributed by atoms with Crippen LogP contribution in [0.5, 0.6) is 0 Å². The number of amides is 2. The molecule has 1 heterocycles. The number of anilines is 1. The van der Waals surface area contributed by atoms with Crippen LogP contribution in [0.3, 0.4) is 0 Å². The van der Waals surface area contributed by atoms with Gasteiger partial charge in [0.15, 0.2) is 0 Å². The molecular weight excluding hydrogens is 329 g/mol. The number of aliphatic hydroxyl groups excluding tert-OH is 1. The van der Waals surface area contributed by atoms with Crippen LogP contribution in [0.1, 0.15) is 23.0 Å².